The number of hydrogen-bond donors (Lipinski definition) is 2. The number of carbonyl (C=O) groups is 1. The topological polar surface area (TPSA) is 55.1 Å². The first kappa shape index (κ1) is 19.2. The summed E-state index contributed by atoms with van der Waals surface area (Å²) >= 11 is 5.96. The lowest BCUT2D eigenvalue weighted by Gasteiger charge is -2.27. The number of rotatable bonds is 5. The van der Waals surface area contributed by atoms with Crippen molar-refractivity contribution >= 4 is 29.9 Å². The molecule has 1 aromatic carbocycles. The number of nitrogens with one attached hydrogen (secondary N) is 1. The van der Waals surface area contributed by atoms with Gasteiger partial charge in [-0.05, 0) is 38.0 Å². The highest BCUT2D eigenvalue weighted by molar-refractivity contribution is 6.30. The first-order valence-corrected chi connectivity index (χ1v) is 6.80. The molecule has 0 bridgehead atoms. The van der Waals surface area contributed by atoms with Crippen LogP contribution in [0.2, 0.25) is 5.02 Å². The Labute approximate surface area is 132 Å². The molecule has 3 nitrogen and oxygen atoms in total. The van der Waals surface area contributed by atoms with E-state index in [0.29, 0.717) is 18.0 Å². The van der Waals surface area contributed by atoms with Gasteiger partial charge in [-0.15, -0.1) is 12.4 Å². The van der Waals surface area contributed by atoms with E-state index >= 15 is 0 Å². The fraction of sp³-hybridized carbons (Fsp3) is 0.533. The Bertz CT molecular complexity index is 453. The van der Waals surface area contributed by atoms with Gasteiger partial charge in [-0.25, -0.2) is 0 Å². The maximum absolute atomic E-state index is 12.2. The first-order valence-electron chi connectivity index (χ1n) is 6.42. The van der Waals surface area contributed by atoms with E-state index in [2.05, 4.69) is 5.32 Å². The Morgan fingerprint density at radius 3 is 2.40 bits per heavy atom. The minimum atomic E-state index is -0.490. The third-order valence-electron chi connectivity index (χ3n) is 2.85. The average molecular weight is 319 g/mol. The van der Waals surface area contributed by atoms with Crippen LogP contribution < -0.4 is 11.1 Å². The van der Waals surface area contributed by atoms with Gasteiger partial charge in [0, 0.05) is 22.5 Å². The highest BCUT2D eigenvalue weighted by Crippen LogP contribution is 2.23. The number of carbonyl (C=O) groups excluding carboxylic acids is 1. The van der Waals surface area contributed by atoms with Gasteiger partial charge >= 0.3 is 0 Å². The minimum Gasteiger partial charge on any atom is -0.354 e. The highest BCUT2D eigenvalue weighted by Gasteiger charge is 2.28. The highest BCUT2D eigenvalue weighted by atomic mass is 35.5. The average Bonchev–Trinajstić information content (AvgIpc) is 2.24. The quantitative estimate of drug-likeness (QED) is 0.876. The lowest BCUT2D eigenvalue weighted by Crippen LogP contribution is -2.48. The van der Waals surface area contributed by atoms with E-state index in [1.165, 1.54) is 0 Å². The molecule has 0 aromatic heterocycles. The van der Waals surface area contributed by atoms with E-state index < -0.39 is 11.0 Å². The largest absolute Gasteiger partial charge is 0.354 e. The van der Waals surface area contributed by atoms with Crippen molar-refractivity contribution in [1.82, 2.24) is 5.32 Å². The van der Waals surface area contributed by atoms with Gasteiger partial charge < -0.3 is 11.1 Å². The number of benzene rings is 1. The maximum atomic E-state index is 12.2. The predicted octanol–water partition coefficient (Wildman–Crippen LogP) is 3.18. The molecular formula is C15H24Cl2N2O. The van der Waals surface area contributed by atoms with Crippen LogP contribution in [0.3, 0.4) is 0 Å². The van der Waals surface area contributed by atoms with Crippen LogP contribution >= 0.6 is 24.0 Å². The second kappa shape index (κ2) is 7.30. The molecule has 114 valence electrons. The molecule has 20 heavy (non-hydrogen) atoms. The van der Waals surface area contributed by atoms with Crippen LogP contribution in [0.4, 0.5) is 0 Å². The van der Waals surface area contributed by atoms with Crippen molar-refractivity contribution in [3.63, 3.8) is 0 Å². The zero-order chi connectivity index (χ0) is 14.7. The van der Waals surface area contributed by atoms with Crippen LogP contribution in [0, 0.1) is 5.41 Å². The monoisotopic (exact) mass is 318 g/mol. The van der Waals surface area contributed by atoms with Crippen molar-refractivity contribution in [2.45, 2.75) is 39.7 Å². The van der Waals surface area contributed by atoms with Crippen molar-refractivity contribution in [1.29, 1.82) is 0 Å². The lowest BCUT2D eigenvalue weighted by atomic mass is 9.84. The molecule has 0 radical (unpaired) electrons. The minimum absolute atomic E-state index is 0. The molecular weight excluding hydrogens is 295 g/mol. The Hall–Kier alpha value is -0.770. The summed E-state index contributed by atoms with van der Waals surface area (Å²) in [5, 5.41) is 3.59. The summed E-state index contributed by atoms with van der Waals surface area (Å²) in [6.07, 6.45) is 0.643. The van der Waals surface area contributed by atoms with E-state index in [1.807, 2.05) is 52.0 Å². The Morgan fingerprint density at radius 1 is 1.30 bits per heavy atom. The number of halogens is 2. The molecule has 0 unspecified atom stereocenters. The van der Waals surface area contributed by atoms with Crippen LogP contribution in [-0.4, -0.2) is 18.0 Å². The van der Waals surface area contributed by atoms with Gasteiger partial charge in [-0.3, -0.25) is 4.79 Å². The SMILES string of the molecule is CC(C)(N)CNC(=O)C(C)(C)Cc1cccc(Cl)c1.Cl. The van der Waals surface area contributed by atoms with Gasteiger partial charge in [-0.2, -0.15) is 0 Å². The molecule has 5 heteroatoms. The van der Waals surface area contributed by atoms with E-state index in [4.69, 9.17) is 17.3 Å². The molecule has 3 N–H and O–H groups in total. The van der Waals surface area contributed by atoms with Crippen LogP contribution in [0.1, 0.15) is 33.3 Å². The maximum Gasteiger partial charge on any atom is 0.226 e. The number of amides is 1. The fourth-order valence-corrected chi connectivity index (χ4v) is 2.00. The standard InChI is InChI=1S/C15H23ClN2O.ClH/c1-14(2,13(19)18-10-15(3,4)17)9-11-6-5-7-12(16)8-11;/h5-8H,9-10,17H2,1-4H3,(H,18,19);1H. The summed E-state index contributed by atoms with van der Waals surface area (Å²) in [6.45, 7) is 8.08. The fourth-order valence-electron chi connectivity index (χ4n) is 1.78. The molecule has 0 saturated carbocycles. The molecule has 0 spiro atoms. The molecule has 1 amide bonds. The van der Waals surface area contributed by atoms with Gasteiger partial charge in [0.2, 0.25) is 5.91 Å². The normalized spacial score (nSPS) is 11.7. The van der Waals surface area contributed by atoms with Gasteiger partial charge in [0.1, 0.15) is 0 Å². The zero-order valence-corrected chi connectivity index (χ0v) is 14.1. The second-order valence-corrected chi connectivity index (χ2v) is 6.80. The summed E-state index contributed by atoms with van der Waals surface area (Å²) < 4.78 is 0. The molecule has 0 aliphatic carbocycles. The zero-order valence-electron chi connectivity index (χ0n) is 12.5. The summed E-state index contributed by atoms with van der Waals surface area (Å²) in [6, 6.07) is 7.60. The van der Waals surface area contributed by atoms with Crippen molar-refractivity contribution in [3.05, 3.63) is 34.9 Å². The summed E-state index contributed by atoms with van der Waals surface area (Å²) in [7, 11) is 0. The van der Waals surface area contributed by atoms with Gasteiger partial charge in [-0.1, -0.05) is 37.6 Å². The first-order chi connectivity index (χ1) is 8.60. The molecule has 0 aliphatic heterocycles. The molecule has 1 aromatic rings. The third-order valence-corrected chi connectivity index (χ3v) is 3.09. The van der Waals surface area contributed by atoms with Crippen molar-refractivity contribution in [2.75, 3.05) is 6.54 Å². The summed E-state index contributed by atoms with van der Waals surface area (Å²) in [5.74, 6) is 0.00556. The summed E-state index contributed by atoms with van der Waals surface area (Å²) in [5.41, 5.74) is 6.03. The van der Waals surface area contributed by atoms with Gasteiger partial charge in [0.15, 0.2) is 0 Å². The Balaban J connectivity index is 0.00000361. The molecule has 0 saturated heterocycles. The van der Waals surface area contributed by atoms with Crippen molar-refractivity contribution in [2.24, 2.45) is 11.1 Å². The predicted molar refractivity (Wildman–Crippen MR) is 87.5 cm³/mol. The van der Waals surface area contributed by atoms with E-state index in [-0.39, 0.29) is 18.3 Å². The molecule has 1 rings (SSSR count). The Kier molecular flexibility index (Phi) is 7.02. The second-order valence-electron chi connectivity index (χ2n) is 6.36. The van der Waals surface area contributed by atoms with Crippen LogP contribution in [0.25, 0.3) is 0 Å². The van der Waals surface area contributed by atoms with E-state index in [0.717, 1.165) is 5.56 Å². The smallest absolute Gasteiger partial charge is 0.226 e. The van der Waals surface area contributed by atoms with Crippen molar-refractivity contribution < 1.29 is 4.79 Å². The van der Waals surface area contributed by atoms with Crippen LogP contribution in [-0.2, 0) is 11.2 Å². The molecule has 0 heterocycles. The van der Waals surface area contributed by atoms with E-state index in [9.17, 15) is 4.79 Å². The Morgan fingerprint density at radius 2 is 1.90 bits per heavy atom. The van der Waals surface area contributed by atoms with Gasteiger partial charge in [0.05, 0.1) is 0 Å². The van der Waals surface area contributed by atoms with Crippen LogP contribution in [0.5, 0.6) is 0 Å². The van der Waals surface area contributed by atoms with Crippen LogP contribution in [0.15, 0.2) is 24.3 Å². The third kappa shape index (κ3) is 6.60. The molecule has 0 fully saturated rings. The van der Waals surface area contributed by atoms with E-state index in [1.54, 1.807) is 0 Å². The summed E-state index contributed by atoms with van der Waals surface area (Å²) in [4.78, 5) is 12.2. The van der Waals surface area contributed by atoms with Gasteiger partial charge in [0.25, 0.3) is 0 Å². The molecule has 0 atom stereocenters. The lowest BCUT2D eigenvalue weighted by molar-refractivity contribution is -0.129. The molecule has 0 aliphatic rings. The number of hydrogen-bond acceptors (Lipinski definition) is 2. The van der Waals surface area contributed by atoms with Crippen molar-refractivity contribution in [3.8, 4) is 0 Å². The number of nitrogens with two attached hydrogens (primary N) is 1.